The normalized spacial score (nSPS) is 10.4. The summed E-state index contributed by atoms with van der Waals surface area (Å²) in [5.41, 5.74) is 0.766. The molecule has 0 aliphatic heterocycles. The smallest absolute Gasteiger partial charge is 0.227 e. The molecule has 0 saturated carbocycles. The summed E-state index contributed by atoms with van der Waals surface area (Å²) in [6.45, 7) is 0.211. The lowest BCUT2D eigenvalue weighted by Crippen LogP contribution is -2.26. The zero-order valence-corrected chi connectivity index (χ0v) is 16.9. The van der Waals surface area contributed by atoms with Crippen LogP contribution in [0.5, 0.6) is 5.75 Å². The summed E-state index contributed by atoms with van der Waals surface area (Å²) >= 11 is 4.92. The van der Waals surface area contributed by atoms with Gasteiger partial charge in [-0.1, -0.05) is 11.1 Å². The molecule has 0 atom stereocenters. The van der Waals surface area contributed by atoms with Crippen LogP contribution in [0.3, 0.4) is 0 Å². The molecule has 3 aromatic rings. The van der Waals surface area contributed by atoms with Gasteiger partial charge in [-0.2, -0.15) is 4.98 Å². The van der Waals surface area contributed by atoms with E-state index in [0.29, 0.717) is 23.9 Å². The third kappa shape index (κ3) is 4.96. The van der Waals surface area contributed by atoms with Crippen LogP contribution < -0.4 is 9.64 Å². The Bertz CT molecular complexity index is 959. The van der Waals surface area contributed by atoms with Gasteiger partial charge in [0.25, 0.3) is 0 Å². The van der Waals surface area contributed by atoms with Gasteiger partial charge in [-0.25, -0.2) is 0 Å². The highest BCUT2D eigenvalue weighted by Crippen LogP contribution is 2.28. The summed E-state index contributed by atoms with van der Waals surface area (Å²) < 4.78 is 11.5. The van der Waals surface area contributed by atoms with E-state index >= 15 is 0 Å². The summed E-state index contributed by atoms with van der Waals surface area (Å²) in [7, 11) is 1.72. The molecule has 2 heterocycles. The van der Waals surface area contributed by atoms with Gasteiger partial charge in [-0.05, 0) is 46.3 Å². The number of thiophene rings is 1. The van der Waals surface area contributed by atoms with E-state index in [2.05, 4.69) is 32.0 Å². The monoisotopic (exact) mass is 445 g/mol. The Morgan fingerprint density at radius 1 is 1.41 bits per heavy atom. The molecule has 3 rings (SSSR count). The van der Waals surface area contributed by atoms with E-state index in [-0.39, 0.29) is 18.9 Å². The van der Waals surface area contributed by atoms with Crippen molar-refractivity contribution in [1.82, 2.24) is 10.1 Å². The molecule has 1 amide bonds. The molecular formula is C19H16BrN3O3S. The van der Waals surface area contributed by atoms with Gasteiger partial charge in [0.05, 0.1) is 4.88 Å². The van der Waals surface area contributed by atoms with Crippen molar-refractivity contribution < 1.29 is 14.1 Å². The van der Waals surface area contributed by atoms with Crippen molar-refractivity contribution in [3.8, 4) is 28.8 Å². The minimum atomic E-state index is -0.0501. The number of ether oxygens (including phenoxy) is 1. The molecule has 0 saturated heterocycles. The largest absolute Gasteiger partial charge is 0.481 e. The van der Waals surface area contributed by atoms with Crippen molar-refractivity contribution in [3.63, 3.8) is 0 Å². The van der Waals surface area contributed by atoms with Gasteiger partial charge in [-0.3, -0.25) is 4.79 Å². The molecule has 6 nitrogen and oxygen atoms in total. The number of anilines is 1. The molecule has 0 radical (unpaired) electrons. The highest BCUT2D eigenvalue weighted by molar-refractivity contribution is 9.10. The molecule has 0 aliphatic rings. The minimum Gasteiger partial charge on any atom is -0.481 e. The first-order valence-corrected chi connectivity index (χ1v) is 9.74. The molecule has 0 bridgehead atoms. The molecule has 1 aromatic carbocycles. The molecule has 0 unspecified atom stereocenters. The maximum Gasteiger partial charge on any atom is 0.227 e. The predicted octanol–water partition coefficient (Wildman–Crippen LogP) is 4.17. The first kappa shape index (κ1) is 19.1. The number of hydrogen-bond acceptors (Lipinski definition) is 6. The van der Waals surface area contributed by atoms with E-state index in [4.69, 9.17) is 15.7 Å². The van der Waals surface area contributed by atoms with Crippen molar-refractivity contribution >= 4 is 38.9 Å². The van der Waals surface area contributed by atoms with Crippen LogP contribution in [0.25, 0.3) is 10.7 Å². The van der Waals surface area contributed by atoms with Crippen LogP contribution in [-0.4, -0.2) is 29.7 Å². The highest BCUT2D eigenvalue weighted by atomic mass is 79.9. The number of benzene rings is 1. The van der Waals surface area contributed by atoms with Crippen molar-refractivity contribution in [2.75, 3.05) is 18.6 Å². The molecule has 0 spiro atoms. The first-order chi connectivity index (χ1) is 13.1. The number of hydrogen-bond donors (Lipinski definition) is 0. The van der Waals surface area contributed by atoms with Crippen molar-refractivity contribution in [3.05, 3.63) is 46.1 Å². The van der Waals surface area contributed by atoms with Crippen molar-refractivity contribution in [2.24, 2.45) is 0 Å². The number of aryl methyl sites for hydroxylation is 1. The Morgan fingerprint density at radius 2 is 2.19 bits per heavy atom. The average Bonchev–Trinajstić information content (AvgIpc) is 3.33. The number of amides is 1. The van der Waals surface area contributed by atoms with Gasteiger partial charge in [0.2, 0.25) is 17.6 Å². The van der Waals surface area contributed by atoms with Gasteiger partial charge < -0.3 is 14.2 Å². The van der Waals surface area contributed by atoms with Crippen LogP contribution in [0.15, 0.2) is 44.7 Å². The SMILES string of the molecule is C#CCOc1ccc(N(C)C(=O)CCc2nc(-c3cc(Br)cs3)no2)cc1. The zero-order chi connectivity index (χ0) is 19.2. The molecule has 27 heavy (non-hydrogen) atoms. The Morgan fingerprint density at radius 3 is 2.85 bits per heavy atom. The lowest BCUT2D eigenvalue weighted by Gasteiger charge is -2.17. The number of nitrogens with zero attached hydrogens (tertiary/aromatic N) is 3. The van der Waals surface area contributed by atoms with E-state index in [1.807, 2.05) is 23.6 Å². The molecule has 0 aliphatic carbocycles. The van der Waals surface area contributed by atoms with Gasteiger partial charge in [0.15, 0.2) is 0 Å². The molecular weight excluding hydrogens is 430 g/mol. The van der Waals surface area contributed by atoms with Crippen LogP contribution in [0.4, 0.5) is 5.69 Å². The van der Waals surface area contributed by atoms with Crippen LogP contribution >= 0.6 is 27.3 Å². The lowest BCUT2D eigenvalue weighted by atomic mass is 10.2. The average molecular weight is 446 g/mol. The second-order valence-electron chi connectivity index (χ2n) is 5.58. The van der Waals surface area contributed by atoms with Crippen LogP contribution in [0.2, 0.25) is 0 Å². The maximum atomic E-state index is 12.4. The van der Waals surface area contributed by atoms with Gasteiger partial charge in [0.1, 0.15) is 12.4 Å². The topological polar surface area (TPSA) is 68.5 Å². The van der Waals surface area contributed by atoms with Crippen LogP contribution in [0, 0.1) is 12.3 Å². The number of terminal acetylenes is 1. The Hall–Kier alpha value is -2.63. The third-order valence-electron chi connectivity index (χ3n) is 3.73. The number of carbonyl (C=O) groups is 1. The zero-order valence-electron chi connectivity index (χ0n) is 14.5. The summed E-state index contributed by atoms with van der Waals surface area (Å²) in [4.78, 5) is 19.3. The third-order valence-corrected chi connectivity index (χ3v) is 5.42. The maximum absolute atomic E-state index is 12.4. The molecule has 2 aromatic heterocycles. The van der Waals surface area contributed by atoms with E-state index in [1.165, 1.54) is 11.3 Å². The summed E-state index contributed by atoms with van der Waals surface area (Å²) in [5, 5.41) is 5.92. The Balaban J connectivity index is 1.56. The summed E-state index contributed by atoms with van der Waals surface area (Å²) in [6, 6.07) is 9.10. The van der Waals surface area contributed by atoms with Crippen molar-refractivity contribution in [2.45, 2.75) is 12.8 Å². The molecule has 0 fully saturated rings. The van der Waals surface area contributed by atoms with Gasteiger partial charge in [-0.15, -0.1) is 17.8 Å². The minimum absolute atomic E-state index is 0.0501. The fourth-order valence-electron chi connectivity index (χ4n) is 2.30. The second-order valence-corrected chi connectivity index (χ2v) is 7.41. The number of aromatic nitrogens is 2. The number of halogens is 1. The predicted molar refractivity (Wildman–Crippen MR) is 108 cm³/mol. The van der Waals surface area contributed by atoms with E-state index in [9.17, 15) is 4.79 Å². The van der Waals surface area contributed by atoms with Gasteiger partial charge >= 0.3 is 0 Å². The van der Waals surface area contributed by atoms with E-state index in [1.54, 1.807) is 24.1 Å². The number of rotatable bonds is 7. The fourth-order valence-corrected chi connectivity index (χ4v) is 3.66. The molecule has 138 valence electrons. The van der Waals surface area contributed by atoms with E-state index < -0.39 is 0 Å². The summed E-state index contributed by atoms with van der Waals surface area (Å²) in [5.74, 6) is 3.99. The standard InChI is InChI=1S/C19H16BrN3O3S/c1-3-10-25-15-6-4-14(5-7-15)23(2)18(24)9-8-17-21-19(22-26-17)16-11-13(20)12-27-16/h1,4-7,11-12H,8-10H2,2H3. The van der Waals surface area contributed by atoms with Crippen LogP contribution in [0.1, 0.15) is 12.3 Å². The van der Waals surface area contributed by atoms with Crippen molar-refractivity contribution in [1.29, 1.82) is 0 Å². The van der Waals surface area contributed by atoms with E-state index in [0.717, 1.165) is 15.0 Å². The Kier molecular flexibility index (Phi) is 6.27. The first-order valence-electron chi connectivity index (χ1n) is 8.06. The second kappa shape index (κ2) is 8.84. The van der Waals surface area contributed by atoms with Gasteiger partial charge in [0, 0.05) is 35.4 Å². The summed E-state index contributed by atoms with van der Waals surface area (Å²) in [6.07, 6.45) is 5.81. The fraction of sp³-hybridized carbons (Fsp3) is 0.211. The number of carbonyl (C=O) groups excluding carboxylic acids is 1. The highest BCUT2D eigenvalue weighted by Gasteiger charge is 2.15. The molecule has 8 heteroatoms. The quantitative estimate of drug-likeness (QED) is 0.510. The molecule has 0 N–H and O–H groups in total. The lowest BCUT2D eigenvalue weighted by molar-refractivity contribution is -0.118. The van der Waals surface area contributed by atoms with Crippen LogP contribution in [-0.2, 0) is 11.2 Å². The Labute approximate surface area is 169 Å².